The molecule has 19 heavy (non-hydrogen) atoms. The lowest BCUT2D eigenvalue weighted by molar-refractivity contribution is -0.121. The molecule has 0 spiro atoms. The van der Waals surface area contributed by atoms with Gasteiger partial charge in [0.25, 0.3) is 5.91 Å². The molecule has 1 atom stereocenters. The average Bonchev–Trinajstić information content (AvgIpc) is 2.98. The number of aromatic nitrogens is 2. The molecule has 1 aromatic carbocycles. The first-order valence-electron chi connectivity index (χ1n) is 6.20. The molecular formula is C15H17N3O. The van der Waals surface area contributed by atoms with E-state index < -0.39 is 0 Å². The second kappa shape index (κ2) is 6.00. The average molecular weight is 255 g/mol. The van der Waals surface area contributed by atoms with Gasteiger partial charge in [0.1, 0.15) is 6.04 Å². The molecule has 0 fully saturated rings. The Hall–Kier alpha value is -2.36. The summed E-state index contributed by atoms with van der Waals surface area (Å²) in [4.78, 5) is 14.3. The van der Waals surface area contributed by atoms with Crippen molar-refractivity contribution in [3.05, 3.63) is 61.4 Å². The van der Waals surface area contributed by atoms with E-state index in [1.54, 1.807) is 28.1 Å². The highest BCUT2D eigenvalue weighted by atomic mass is 16.2. The molecule has 0 aliphatic heterocycles. The van der Waals surface area contributed by atoms with Crippen molar-refractivity contribution in [3.63, 3.8) is 0 Å². The first kappa shape index (κ1) is 13.1. The van der Waals surface area contributed by atoms with Crippen molar-refractivity contribution in [1.82, 2.24) is 9.78 Å². The smallest absolute Gasteiger partial charge is 0.251 e. The van der Waals surface area contributed by atoms with Gasteiger partial charge in [-0.25, -0.2) is 0 Å². The van der Waals surface area contributed by atoms with Gasteiger partial charge in [0.15, 0.2) is 0 Å². The Morgan fingerprint density at radius 1 is 1.42 bits per heavy atom. The molecule has 1 amide bonds. The summed E-state index contributed by atoms with van der Waals surface area (Å²) in [6.45, 7) is 6.04. The quantitative estimate of drug-likeness (QED) is 0.770. The summed E-state index contributed by atoms with van der Waals surface area (Å²) >= 11 is 0. The third kappa shape index (κ3) is 2.91. The number of benzene rings is 1. The second-order valence-electron chi connectivity index (χ2n) is 4.24. The van der Waals surface area contributed by atoms with Crippen LogP contribution in [0.15, 0.2) is 61.4 Å². The van der Waals surface area contributed by atoms with E-state index >= 15 is 0 Å². The van der Waals surface area contributed by atoms with Crippen LogP contribution in [0.2, 0.25) is 0 Å². The zero-order valence-electron chi connectivity index (χ0n) is 10.9. The first-order valence-corrected chi connectivity index (χ1v) is 6.20. The van der Waals surface area contributed by atoms with E-state index in [1.807, 2.05) is 43.3 Å². The van der Waals surface area contributed by atoms with Gasteiger partial charge >= 0.3 is 0 Å². The molecule has 0 saturated carbocycles. The normalized spacial score (nSPS) is 11.8. The van der Waals surface area contributed by atoms with E-state index in [-0.39, 0.29) is 11.9 Å². The SMILES string of the molecule is C=CCN(C(=O)C(C)n1cccn1)c1ccccc1. The highest BCUT2D eigenvalue weighted by Gasteiger charge is 2.22. The summed E-state index contributed by atoms with van der Waals surface area (Å²) < 4.78 is 1.65. The van der Waals surface area contributed by atoms with Crippen molar-refractivity contribution < 1.29 is 4.79 Å². The van der Waals surface area contributed by atoms with Crippen molar-refractivity contribution >= 4 is 11.6 Å². The van der Waals surface area contributed by atoms with Gasteiger partial charge in [-0.05, 0) is 25.1 Å². The minimum absolute atomic E-state index is 0.00481. The number of hydrogen-bond donors (Lipinski definition) is 0. The van der Waals surface area contributed by atoms with E-state index in [2.05, 4.69) is 11.7 Å². The molecule has 1 unspecified atom stereocenters. The topological polar surface area (TPSA) is 38.1 Å². The monoisotopic (exact) mass is 255 g/mol. The third-order valence-corrected chi connectivity index (χ3v) is 2.92. The van der Waals surface area contributed by atoms with E-state index in [1.165, 1.54) is 0 Å². The molecule has 4 heteroatoms. The molecule has 2 aromatic rings. The van der Waals surface area contributed by atoms with Crippen LogP contribution in [0.5, 0.6) is 0 Å². The lowest BCUT2D eigenvalue weighted by Gasteiger charge is -2.24. The Morgan fingerprint density at radius 3 is 2.74 bits per heavy atom. The standard InChI is InChI=1S/C15H17N3O/c1-3-11-17(14-8-5-4-6-9-14)15(19)13(2)18-12-7-10-16-18/h3-10,12-13H,1,11H2,2H3. The minimum Gasteiger partial charge on any atom is -0.307 e. The zero-order chi connectivity index (χ0) is 13.7. The Morgan fingerprint density at radius 2 is 2.16 bits per heavy atom. The molecule has 0 saturated heterocycles. The predicted molar refractivity (Wildman–Crippen MR) is 75.9 cm³/mol. The maximum atomic E-state index is 12.5. The van der Waals surface area contributed by atoms with Gasteiger partial charge in [0.05, 0.1) is 0 Å². The minimum atomic E-state index is -0.338. The van der Waals surface area contributed by atoms with Crippen LogP contribution >= 0.6 is 0 Å². The first-order chi connectivity index (χ1) is 9.24. The van der Waals surface area contributed by atoms with Crippen LogP contribution in [0.1, 0.15) is 13.0 Å². The number of anilines is 1. The summed E-state index contributed by atoms with van der Waals surface area (Å²) in [7, 11) is 0. The zero-order valence-corrected chi connectivity index (χ0v) is 10.9. The summed E-state index contributed by atoms with van der Waals surface area (Å²) in [6.07, 6.45) is 5.19. The van der Waals surface area contributed by atoms with Crippen LogP contribution in [0.3, 0.4) is 0 Å². The van der Waals surface area contributed by atoms with Crippen molar-refractivity contribution in [2.75, 3.05) is 11.4 Å². The molecule has 0 N–H and O–H groups in total. The van der Waals surface area contributed by atoms with Crippen LogP contribution in [0.25, 0.3) is 0 Å². The van der Waals surface area contributed by atoms with Gasteiger partial charge < -0.3 is 4.90 Å². The van der Waals surface area contributed by atoms with Crippen molar-refractivity contribution in [2.24, 2.45) is 0 Å². The molecule has 0 aliphatic rings. The lowest BCUT2D eigenvalue weighted by atomic mass is 10.2. The van der Waals surface area contributed by atoms with Crippen molar-refractivity contribution in [2.45, 2.75) is 13.0 Å². The number of para-hydroxylation sites is 1. The van der Waals surface area contributed by atoms with E-state index in [0.29, 0.717) is 6.54 Å². The number of hydrogen-bond acceptors (Lipinski definition) is 2. The predicted octanol–water partition coefficient (Wildman–Crippen LogP) is 2.66. The van der Waals surface area contributed by atoms with E-state index in [0.717, 1.165) is 5.69 Å². The van der Waals surface area contributed by atoms with Gasteiger partial charge in [-0.15, -0.1) is 6.58 Å². The Kier molecular flexibility index (Phi) is 4.13. The van der Waals surface area contributed by atoms with Crippen molar-refractivity contribution in [3.8, 4) is 0 Å². The van der Waals surface area contributed by atoms with Crippen LogP contribution in [-0.2, 0) is 4.79 Å². The fourth-order valence-corrected chi connectivity index (χ4v) is 1.91. The van der Waals surface area contributed by atoms with Crippen LogP contribution in [0, 0.1) is 0 Å². The Bertz CT molecular complexity index is 534. The molecule has 0 aliphatic carbocycles. The van der Waals surface area contributed by atoms with Gasteiger partial charge in [0, 0.05) is 24.6 Å². The van der Waals surface area contributed by atoms with Crippen molar-refractivity contribution in [1.29, 1.82) is 0 Å². The Balaban J connectivity index is 2.24. The molecular weight excluding hydrogens is 238 g/mol. The van der Waals surface area contributed by atoms with Gasteiger partial charge in [-0.3, -0.25) is 9.48 Å². The van der Waals surface area contributed by atoms with Crippen LogP contribution in [0.4, 0.5) is 5.69 Å². The van der Waals surface area contributed by atoms with Gasteiger partial charge in [0.2, 0.25) is 0 Å². The van der Waals surface area contributed by atoms with Crippen LogP contribution < -0.4 is 4.90 Å². The van der Waals surface area contributed by atoms with E-state index in [4.69, 9.17) is 0 Å². The van der Waals surface area contributed by atoms with Crippen LogP contribution in [-0.4, -0.2) is 22.2 Å². The largest absolute Gasteiger partial charge is 0.307 e. The third-order valence-electron chi connectivity index (χ3n) is 2.92. The van der Waals surface area contributed by atoms with Gasteiger partial charge in [-0.2, -0.15) is 5.10 Å². The second-order valence-corrected chi connectivity index (χ2v) is 4.24. The molecule has 1 aromatic heterocycles. The number of amides is 1. The highest BCUT2D eigenvalue weighted by Crippen LogP contribution is 2.18. The van der Waals surface area contributed by atoms with E-state index in [9.17, 15) is 4.79 Å². The number of rotatable bonds is 5. The number of carbonyl (C=O) groups is 1. The summed E-state index contributed by atoms with van der Waals surface area (Å²) in [5.74, 6) is -0.00481. The fourth-order valence-electron chi connectivity index (χ4n) is 1.91. The lowest BCUT2D eigenvalue weighted by Crippen LogP contribution is -2.36. The summed E-state index contributed by atoms with van der Waals surface area (Å²) in [5.41, 5.74) is 0.867. The summed E-state index contributed by atoms with van der Waals surface area (Å²) in [5, 5.41) is 4.12. The maximum Gasteiger partial charge on any atom is 0.251 e. The molecule has 2 rings (SSSR count). The molecule has 0 radical (unpaired) electrons. The molecule has 1 heterocycles. The fraction of sp³-hybridized carbons (Fsp3) is 0.200. The Labute approximate surface area is 113 Å². The molecule has 4 nitrogen and oxygen atoms in total. The molecule has 98 valence electrons. The van der Waals surface area contributed by atoms with Gasteiger partial charge in [-0.1, -0.05) is 24.3 Å². The number of nitrogens with zero attached hydrogens (tertiary/aromatic N) is 3. The maximum absolute atomic E-state index is 12.5. The summed E-state index contributed by atoms with van der Waals surface area (Å²) in [6, 6.07) is 11.1. The highest BCUT2D eigenvalue weighted by molar-refractivity contribution is 5.96. The number of carbonyl (C=O) groups excluding carboxylic acids is 1. The molecule has 0 bridgehead atoms.